The molecule has 1 amide bonds. The summed E-state index contributed by atoms with van der Waals surface area (Å²) in [5.41, 5.74) is 3.51. The van der Waals surface area contributed by atoms with Crippen molar-refractivity contribution in [3.8, 4) is 11.4 Å². The molecule has 0 saturated carbocycles. The van der Waals surface area contributed by atoms with Crippen molar-refractivity contribution >= 4 is 11.7 Å². The predicted molar refractivity (Wildman–Crippen MR) is 111 cm³/mol. The molecule has 5 heterocycles. The summed E-state index contributed by atoms with van der Waals surface area (Å²) in [5, 5.41) is 0. The number of hydrogen-bond acceptors (Lipinski definition) is 7. The molecule has 0 aliphatic carbocycles. The van der Waals surface area contributed by atoms with Crippen molar-refractivity contribution in [3.05, 3.63) is 65.9 Å². The number of pyridine rings is 2. The molecule has 3 aromatic rings. The standard InChI is InChI=1S/C22H22N6O2/c29-22(17-4-2-7-24-14-17)28-8-5-19-18(15-28)21(27-9-11-30-12-10-27)26-20(25-19)16-3-1-6-23-13-16/h1-4,6-7,13-14H,5,8-12,15H2. The molecule has 1 fully saturated rings. The molecule has 0 N–H and O–H groups in total. The molecule has 2 aliphatic rings. The highest BCUT2D eigenvalue weighted by atomic mass is 16.5. The maximum absolute atomic E-state index is 13.0. The molecule has 0 radical (unpaired) electrons. The molecule has 0 bridgehead atoms. The van der Waals surface area contributed by atoms with E-state index in [-0.39, 0.29) is 5.91 Å². The molecule has 1 saturated heterocycles. The molecule has 2 aliphatic heterocycles. The van der Waals surface area contributed by atoms with Crippen LogP contribution in [0, 0.1) is 0 Å². The summed E-state index contributed by atoms with van der Waals surface area (Å²) in [6.45, 7) is 3.98. The lowest BCUT2D eigenvalue weighted by Gasteiger charge is -2.34. The van der Waals surface area contributed by atoms with Gasteiger partial charge in [0.1, 0.15) is 5.82 Å². The van der Waals surface area contributed by atoms with Gasteiger partial charge in [-0.15, -0.1) is 0 Å². The third kappa shape index (κ3) is 3.61. The highest BCUT2D eigenvalue weighted by Crippen LogP contribution is 2.30. The number of amides is 1. The number of aromatic nitrogens is 4. The minimum absolute atomic E-state index is 0.0157. The van der Waals surface area contributed by atoms with Gasteiger partial charge in [-0.1, -0.05) is 0 Å². The maximum Gasteiger partial charge on any atom is 0.255 e. The van der Waals surface area contributed by atoms with Gasteiger partial charge in [0.05, 0.1) is 31.0 Å². The summed E-state index contributed by atoms with van der Waals surface area (Å²) in [6, 6.07) is 7.45. The summed E-state index contributed by atoms with van der Waals surface area (Å²) in [6.07, 6.45) is 7.50. The van der Waals surface area contributed by atoms with Crippen molar-refractivity contribution in [1.82, 2.24) is 24.8 Å². The Morgan fingerprint density at radius 1 is 0.967 bits per heavy atom. The van der Waals surface area contributed by atoms with Gasteiger partial charge in [-0.05, 0) is 24.3 Å². The Morgan fingerprint density at radius 2 is 1.77 bits per heavy atom. The fourth-order valence-electron chi connectivity index (χ4n) is 3.90. The summed E-state index contributed by atoms with van der Waals surface area (Å²) < 4.78 is 5.53. The Kier molecular flexibility index (Phi) is 5.06. The van der Waals surface area contributed by atoms with Crippen LogP contribution in [0.2, 0.25) is 0 Å². The van der Waals surface area contributed by atoms with Gasteiger partial charge in [0.15, 0.2) is 5.82 Å². The molecule has 0 spiro atoms. The maximum atomic E-state index is 13.0. The number of fused-ring (bicyclic) bond motifs is 1. The second-order valence-corrected chi connectivity index (χ2v) is 7.36. The van der Waals surface area contributed by atoms with Gasteiger partial charge in [0, 0.05) is 62.0 Å². The first-order chi connectivity index (χ1) is 14.8. The molecular weight excluding hydrogens is 380 g/mol. The number of carbonyl (C=O) groups excluding carboxylic acids is 1. The van der Waals surface area contributed by atoms with E-state index in [1.807, 2.05) is 17.0 Å². The van der Waals surface area contributed by atoms with Crippen molar-refractivity contribution in [3.63, 3.8) is 0 Å². The van der Waals surface area contributed by atoms with Crippen LogP contribution in [0.4, 0.5) is 5.82 Å². The average Bonchev–Trinajstić information content (AvgIpc) is 2.84. The summed E-state index contributed by atoms with van der Waals surface area (Å²) in [4.78, 5) is 35.1. The third-order valence-electron chi connectivity index (χ3n) is 5.46. The van der Waals surface area contributed by atoms with Gasteiger partial charge in [0.2, 0.25) is 0 Å². The number of hydrogen-bond donors (Lipinski definition) is 0. The van der Waals surface area contributed by atoms with Gasteiger partial charge < -0.3 is 14.5 Å². The van der Waals surface area contributed by atoms with E-state index in [1.165, 1.54) is 0 Å². The van der Waals surface area contributed by atoms with Crippen LogP contribution in [0.3, 0.4) is 0 Å². The van der Waals surface area contributed by atoms with Crippen molar-refractivity contribution in [2.24, 2.45) is 0 Å². The highest BCUT2D eigenvalue weighted by molar-refractivity contribution is 5.94. The first-order valence-electron chi connectivity index (χ1n) is 10.1. The van der Waals surface area contributed by atoms with Gasteiger partial charge in [-0.25, -0.2) is 9.97 Å². The number of anilines is 1. The Balaban J connectivity index is 1.53. The third-order valence-corrected chi connectivity index (χ3v) is 5.46. The minimum atomic E-state index is -0.0157. The van der Waals surface area contributed by atoms with Crippen LogP contribution in [0.1, 0.15) is 21.6 Å². The zero-order valence-electron chi connectivity index (χ0n) is 16.6. The van der Waals surface area contributed by atoms with E-state index >= 15 is 0 Å². The number of carbonyl (C=O) groups is 1. The largest absolute Gasteiger partial charge is 0.378 e. The van der Waals surface area contributed by atoms with E-state index in [0.717, 1.165) is 35.7 Å². The first-order valence-corrected chi connectivity index (χ1v) is 10.1. The Morgan fingerprint density at radius 3 is 2.50 bits per heavy atom. The van der Waals surface area contributed by atoms with Gasteiger partial charge in [0.25, 0.3) is 5.91 Å². The molecule has 30 heavy (non-hydrogen) atoms. The minimum Gasteiger partial charge on any atom is -0.378 e. The van der Waals surface area contributed by atoms with Crippen molar-refractivity contribution in [2.75, 3.05) is 37.7 Å². The summed E-state index contributed by atoms with van der Waals surface area (Å²) >= 11 is 0. The lowest BCUT2D eigenvalue weighted by atomic mass is 10.0. The van der Waals surface area contributed by atoms with Crippen LogP contribution >= 0.6 is 0 Å². The Hall–Kier alpha value is -3.39. The van der Waals surface area contributed by atoms with Crippen LogP contribution in [0.15, 0.2) is 49.1 Å². The second kappa shape index (κ2) is 8.16. The summed E-state index contributed by atoms with van der Waals surface area (Å²) in [5.74, 6) is 1.55. The van der Waals surface area contributed by atoms with Crippen LogP contribution in [0.25, 0.3) is 11.4 Å². The fourth-order valence-corrected chi connectivity index (χ4v) is 3.90. The van der Waals surface area contributed by atoms with Crippen LogP contribution in [-0.2, 0) is 17.7 Å². The van der Waals surface area contributed by atoms with E-state index in [4.69, 9.17) is 14.7 Å². The van der Waals surface area contributed by atoms with Gasteiger partial charge in [-0.2, -0.15) is 0 Å². The van der Waals surface area contributed by atoms with Crippen molar-refractivity contribution in [2.45, 2.75) is 13.0 Å². The Bertz CT molecular complexity index is 1040. The zero-order chi connectivity index (χ0) is 20.3. The molecular formula is C22H22N6O2. The summed E-state index contributed by atoms with van der Waals surface area (Å²) in [7, 11) is 0. The SMILES string of the molecule is O=C(c1cccnc1)N1CCc2nc(-c3cccnc3)nc(N3CCOCC3)c2C1. The highest BCUT2D eigenvalue weighted by Gasteiger charge is 2.29. The molecule has 152 valence electrons. The monoisotopic (exact) mass is 402 g/mol. The molecule has 0 atom stereocenters. The van der Waals surface area contributed by atoms with Gasteiger partial charge in [-0.3, -0.25) is 14.8 Å². The van der Waals surface area contributed by atoms with Crippen molar-refractivity contribution in [1.29, 1.82) is 0 Å². The molecule has 8 heteroatoms. The van der Waals surface area contributed by atoms with Crippen LogP contribution < -0.4 is 4.90 Å². The smallest absolute Gasteiger partial charge is 0.255 e. The topological polar surface area (TPSA) is 84.3 Å². The Labute approximate surface area is 174 Å². The number of rotatable bonds is 3. The normalized spacial score (nSPS) is 16.3. The lowest BCUT2D eigenvalue weighted by molar-refractivity contribution is 0.0732. The molecule has 3 aromatic heterocycles. The van der Waals surface area contributed by atoms with E-state index in [2.05, 4.69) is 14.9 Å². The van der Waals surface area contributed by atoms with Gasteiger partial charge >= 0.3 is 0 Å². The average molecular weight is 402 g/mol. The zero-order valence-corrected chi connectivity index (χ0v) is 16.6. The molecule has 0 unspecified atom stereocenters. The van der Waals surface area contributed by atoms with E-state index < -0.39 is 0 Å². The predicted octanol–water partition coefficient (Wildman–Crippen LogP) is 1.97. The second-order valence-electron chi connectivity index (χ2n) is 7.36. The molecule has 5 rings (SSSR count). The van der Waals surface area contributed by atoms with E-state index in [0.29, 0.717) is 44.1 Å². The van der Waals surface area contributed by atoms with Crippen LogP contribution in [-0.4, -0.2) is 63.6 Å². The first kappa shape index (κ1) is 18.6. The molecule has 8 nitrogen and oxygen atoms in total. The quantitative estimate of drug-likeness (QED) is 0.662. The number of morpholine rings is 1. The fraction of sp³-hybridized carbons (Fsp3) is 0.318. The number of nitrogens with zero attached hydrogens (tertiary/aromatic N) is 6. The van der Waals surface area contributed by atoms with E-state index in [9.17, 15) is 4.79 Å². The lowest BCUT2D eigenvalue weighted by Crippen LogP contribution is -2.41. The van der Waals surface area contributed by atoms with Crippen molar-refractivity contribution < 1.29 is 9.53 Å². The van der Waals surface area contributed by atoms with E-state index in [1.54, 1.807) is 36.9 Å². The van der Waals surface area contributed by atoms with Crippen LogP contribution in [0.5, 0.6) is 0 Å². The number of ether oxygens (including phenoxy) is 1. The molecule has 0 aromatic carbocycles.